The van der Waals surface area contributed by atoms with E-state index in [9.17, 15) is 8.78 Å². The number of benzene rings is 1. The zero-order valence-corrected chi connectivity index (χ0v) is 8.27. The second-order valence-corrected chi connectivity index (χ2v) is 3.33. The topological polar surface area (TPSA) is 23.8 Å². The predicted molar refractivity (Wildman–Crippen MR) is 52.6 cm³/mol. The highest BCUT2D eigenvalue weighted by atomic mass is 32.1. The minimum absolute atomic E-state index is 0.0611. The van der Waals surface area contributed by atoms with Crippen molar-refractivity contribution in [3.63, 3.8) is 0 Å². The first-order valence-electron chi connectivity index (χ1n) is 4.12. The minimum Gasteiger partial charge on any atom is -0.205 e. The van der Waals surface area contributed by atoms with Gasteiger partial charge in [0.2, 0.25) is 0 Å². The van der Waals surface area contributed by atoms with Crippen LogP contribution in [0.4, 0.5) is 8.78 Å². The molecule has 1 rings (SSSR count). The van der Waals surface area contributed by atoms with Crippen molar-refractivity contribution >= 4 is 12.6 Å². The Hall–Kier alpha value is -1.08. The van der Waals surface area contributed by atoms with Gasteiger partial charge >= 0.3 is 0 Å². The molecular formula is C10H9F2NS. The van der Waals surface area contributed by atoms with Gasteiger partial charge in [-0.05, 0) is 18.1 Å². The van der Waals surface area contributed by atoms with Gasteiger partial charge in [0.1, 0.15) is 0 Å². The van der Waals surface area contributed by atoms with Crippen molar-refractivity contribution in [1.29, 1.82) is 5.26 Å². The second kappa shape index (κ2) is 4.97. The summed E-state index contributed by atoms with van der Waals surface area (Å²) in [6.45, 7) is 0. The molecule has 0 spiro atoms. The number of hydrogen-bond donors (Lipinski definition) is 1. The van der Waals surface area contributed by atoms with Crippen LogP contribution in [-0.2, 0) is 6.42 Å². The summed E-state index contributed by atoms with van der Waals surface area (Å²) >= 11 is 3.97. The number of halogens is 2. The van der Waals surface area contributed by atoms with Gasteiger partial charge in [-0.1, -0.05) is 12.1 Å². The van der Waals surface area contributed by atoms with Crippen molar-refractivity contribution in [1.82, 2.24) is 0 Å². The first-order valence-corrected chi connectivity index (χ1v) is 4.56. The van der Waals surface area contributed by atoms with Crippen molar-refractivity contribution in [2.45, 2.75) is 24.2 Å². The summed E-state index contributed by atoms with van der Waals surface area (Å²) in [4.78, 5) is 0.287. The summed E-state index contributed by atoms with van der Waals surface area (Å²) in [7, 11) is 0. The Morgan fingerprint density at radius 2 is 2.14 bits per heavy atom. The number of thiol groups is 1. The summed E-state index contributed by atoms with van der Waals surface area (Å²) < 4.78 is 24.6. The van der Waals surface area contributed by atoms with Crippen molar-refractivity contribution in [3.05, 3.63) is 29.3 Å². The van der Waals surface area contributed by atoms with E-state index in [-0.39, 0.29) is 10.5 Å². The second-order valence-electron chi connectivity index (χ2n) is 2.85. The molecule has 1 nitrogen and oxygen atoms in total. The fourth-order valence-electron chi connectivity index (χ4n) is 1.13. The van der Waals surface area contributed by atoms with Crippen LogP contribution in [0.1, 0.15) is 24.0 Å². The summed E-state index contributed by atoms with van der Waals surface area (Å²) in [5.74, 6) is 0. The highest BCUT2D eigenvalue weighted by Gasteiger charge is 2.10. The summed E-state index contributed by atoms with van der Waals surface area (Å²) in [5.41, 5.74) is 0.801. The SMILES string of the molecule is N#CCCc1ccc(C(F)F)c(S)c1. The molecule has 0 fully saturated rings. The molecule has 0 aliphatic rings. The molecule has 0 saturated carbocycles. The Bertz CT molecular complexity index is 358. The molecular weight excluding hydrogens is 204 g/mol. The lowest BCUT2D eigenvalue weighted by Gasteiger charge is -2.05. The van der Waals surface area contributed by atoms with Gasteiger partial charge in [0.25, 0.3) is 6.43 Å². The number of aryl methyl sites for hydroxylation is 1. The van der Waals surface area contributed by atoms with Crippen molar-refractivity contribution in [2.24, 2.45) is 0 Å². The van der Waals surface area contributed by atoms with Crippen molar-refractivity contribution < 1.29 is 8.78 Å². The lowest BCUT2D eigenvalue weighted by molar-refractivity contribution is 0.148. The van der Waals surface area contributed by atoms with Crippen LogP contribution in [0.3, 0.4) is 0 Å². The Morgan fingerprint density at radius 3 is 2.64 bits per heavy atom. The molecule has 1 aromatic carbocycles. The number of alkyl halides is 2. The van der Waals surface area contributed by atoms with Crippen LogP contribution in [0.2, 0.25) is 0 Å². The molecule has 0 aliphatic carbocycles. The molecule has 0 radical (unpaired) electrons. The van der Waals surface area contributed by atoms with E-state index < -0.39 is 6.43 Å². The van der Waals surface area contributed by atoms with E-state index in [1.807, 2.05) is 6.07 Å². The number of rotatable bonds is 3. The molecule has 14 heavy (non-hydrogen) atoms. The van der Waals surface area contributed by atoms with Gasteiger partial charge in [-0.25, -0.2) is 8.78 Å². The molecule has 0 atom stereocenters. The van der Waals surface area contributed by atoms with Gasteiger partial charge in [0, 0.05) is 16.9 Å². The number of hydrogen-bond acceptors (Lipinski definition) is 2. The van der Waals surface area contributed by atoms with Crippen LogP contribution < -0.4 is 0 Å². The molecule has 0 bridgehead atoms. The van der Waals surface area contributed by atoms with Crippen molar-refractivity contribution in [3.8, 4) is 6.07 Å². The first kappa shape index (κ1) is 11.0. The van der Waals surface area contributed by atoms with Crippen LogP contribution >= 0.6 is 12.6 Å². The van der Waals surface area contributed by atoms with Gasteiger partial charge < -0.3 is 0 Å². The van der Waals surface area contributed by atoms with E-state index in [2.05, 4.69) is 12.6 Å². The molecule has 0 amide bonds. The van der Waals surface area contributed by atoms with Gasteiger partial charge in [-0.3, -0.25) is 0 Å². The Kier molecular flexibility index (Phi) is 3.90. The van der Waals surface area contributed by atoms with E-state index in [0.29, 0.717) is 12.8 Å². The normalized spacial score (nSPS) is 10.2. The molecule has 1 aromatic rings. The molecule has 4 heteroatoms. The minimum atomic E-state index is -2.49. The maximum absolute atomic E-state index is 12.3. The maximum atomic E-state index is 12.3. The fourth-order valence-corrected chi connectivity index (χ4v) is 1.47. The lowest BCUT2D eigenvalue weighted by atomic mass is 10.1. The molecule has 0 saturated heterocycles. The van der Waals surface area contributed by atoms with E-state index >= 15 is 0 Å². The van der Waals surface area contributed by atoms with E-state index in [0.717, 1.165) is 5.56 Å². The average Bonchev–Trinajstić information content (AvgIpc) is 2.14. The van der Waals surface area contributed by atoms with Gasteiger partial charge in [0.15, 0.2) is 0 Å². The molecule has 74 valence electrons. The zero-order valence-electron chi connectivity index (χ0n) is 7.37. The predicted octanol–water partition coefficient (Wildman–Crippen LogP) is 3.37. The van der Waals surface area contributed by atoms with E-state index in [1.54, 1.807) is 12.1 Å². The standard InChI is InChI=1S/C10H9F2NS/c11-10(12)8-4-3-7(2-1-5-13)6-9(8)14/h3-4,6,10,14H,1-2H2. The van der Waals surface area contributed by atoms with Crippen LogP contribution in [0.5, 0.6) is 0 Å². The quantitative estimate of drug-likeness (QED) is 0.764. The van der Waals surface area contributed by atoms with E-state index in [4.69, 9.17) is 5.26 Å². The molecule has 0 aliphatic heterocycles. The third kappa shape index (κ3) is 2.71. The third-order valence-electron chi connectivity index (χ3n) is 1.86. The lowest BCUT2D eigenvalue weighted by Crippen LogP contribution is -1.90. The highest BCUT2D eigenvalue weighted by Crippen LogP contribution is 2.26. The number of nitriles is 1. The molecule has 0 aromatic heterocycles. The van der Waals surface area contributed by atoms with Crippen molar-refractivity contribution in [2.75, 3.05) is 0 Å². The smallest absolute Gasteiger partial charge is 0.205 e. The summed E-state index contributed by atoms with van der Waals surface area (Å²) in [6.07, 6.45) is -1.53. The maximum Gasteiger partial charge on any atom is 0.264 e. The van der Waals surface area contributed by atoms with Crippen LogP contribution in [0.25, 0.3) is 0 Å². The van der Waals surface area contributed by atoms with Gasteiger partial charge in [0.05, 0.1) is 6.07 Å². The largest absolute Gasteiger partial charge is 0.264 e. The van der Waals surface area contributed by atoms with Crippen LogP contribution in [-0.4, -0.2) is 0 Å². The highest BCUT2D eigenvalue weighted by molar-refractivity contribution is 7.80. The molecule has 0 unspecified atom stereocenters. The Morgan fingerprint density at radius 1 is 1.43 bits per heavy atom. The molecule has 0 heterocycles. The Labute approximate surface area is 86.8 Å². The van der Waals surface area contributed by atoms with Crippen LogP contribution in [0, 0.1) is 11.3 Å². The van der Waals surface area contributed by atoms with Gasteiger partial charge in [-0.2, -0.15) is 5.26 Å². The summed E-state index contributed by atoms with van der Waals surface area (Å²) in [6, 6.07) is 6.56. The van der Waals surface area contributed by atoms with E-state index in [1.165, 1.54) is 6.07 Å². The monoisotopic (exact) mass is 213 g/mol. The molecule has 0 N–H and O–H groups in total. The Balaban J connectivity index is 2.85. The third-order valence-corrected chi connectivity index (χ3v) is 2.24. The average molecular weight is 213 g/mol. The first-order chi connectivity index (χ1) is 6.65. The zero-order chi connectivity index (χ0) is 10.6. The fraction of sp³-hybridized carbons (Fsp3) is 0.300. The number of nitrogens with zero attached hydrogens (tertiary/aromatic N) is 1. The van der Waals surface area contributed by atoms with Crippen LogP contribution in [0.15, 0.2) is 23.1 Å². The summed E-state index contributed by atoms with van der Waals surface area (Å²) in [5, 5.41) is 8.35. The van der Waals surface area contributed by atoms with Gasteiger partial charge in [-0.15, -0.1) is 12.6 Å².